The summed E-state index contributed by atoms with van der Waals surface area (Å²) in [5.41, 5.74) is 4.84. The molecule has 1 amide bonds. The van der Waals surface area contributed by atoms with Crippen LogP contribution in [-0.2, 0) is 6.54 Å². The van der Waals surface area contributed by atoms with Crippen LogP contribution in [-0.4, -0.2) is 71.7 Å². The highest BCUT2D eigenvalue weighted by atomic mass is 35.5. The number of hydrogen-bond acceptors (Lipinski definition) is 7. The number of rotatable bonds is 6. The van der Waals surface area contributed by atoms with Gasteiger partial charge in [-0.2, -0.15) is 0 Å². The summed E-state index contributed by atoms with van der Waals surface area (Å²) in [6.07, 6.45) is 3.64. The maximum absolute atomic E-state index is 15.2. The molecule has 1 aromatic heterocycles. The van der Waals surface area contributed by atoms with Gasteiger partial charge in [0.25, 0.3) is 5.91 Å². The molecular weight excluding hydrogens is 567 g/mol. The van der Waals surface area contributed by atoms with Gasteiger partial charge in [0, 0.05) is 58.3 Å². The summed E-state index contributed by atoms with van der Waals surface area (Å²) < 4.78 is 20.7. The zero-order valence-corrected chi connectivity index (χ0v) is 25.0. The first-order valence-corrected chi connectivity index (χ1v) is 14.6. The van der Waals surface area contributed by atoms with Gasteiger partial charge in [-0.05, 0) is 69.4 Å². The van der Waals surface area contributed by atoms with Crippen LogP contribution in [0.25, 0.3) is 11.3 Å². The molecule has 43 heavy (non-hydrogen) atoms. The first-order chi connectivity index (χ1) is 20.8. The van der Waals surface area contributed by atoms with E-state index in [2.05, 4.69) is 29.3 Å². The highest BCUT2D eigenvalue weighted by molar-refractivity contribution is 6.31. The van der Waals surface area contributed by atoms with Crippen LogP contribution in [0.2, 0.25) is 5.02 Å². The van der Waals surface area contributed by atoms with E-state index in [0.717, 1.165) is 37.1 Å². The number of carbonyl (C=O) groups is 1. The summed E-state index contributed by atoms with van der Waals surface area (Å²) in [5, 5.41) is 3.75. The minimum Gasteiger partial charge on any atom is -0.496 e. The number of hydrogen-bond donors (Lipinski definition) is 1. The van der Waals surface area contributed by atoms with Gasteiger partial charge < -0.3 is 19.9 Å². The molecule has 1 N–H and O–H groups in total. The number of ether oxygens (including phenoxy) is 1. The number of aliphatic imine (C=N–C) groups is 1. The van der Waals surface area contributed by atoms with Crippen molar-refractivity contribution >= 4 is 34.9 Å². The Balaban J connectivity index is 1.30. The Hall–Kier alpha value is -4.34. The molecule has 3 aromatic carbocycles. The third-order valence-electron chi connectivity index (χ3n) is 8.04. The van der Waals surface area contributed by atoms with Crippen molar-refractivity contribution in [1.82, 2.24) is 19.8 Å². The smallest absolute Gasteiger partial charge is 0.253 e. The fraction of sp³-hybridized carbons (Fsp3) is 0.273. The van der Waals surface area contributed by atoms with E-state index in [0.29, 0.717) is 51.0 Å². The van der Waals surface area contributed by atoms with Gasteiger partial charge in [0.15, 0.2) is 0 Å². The third kappa shape index (κ3) is 5.83. The molecule has 0 aliphatic carbocycles. The van der Waals surface area contributed by atoms with Crippen molar-refractivity contribution in [2.24, 2.45) is 4.99 Å². The predicted octanol–water partition coefficient (Wildman–Crippen LogP) is 6.21. The molecule has 2 aliphatic rings. The molecule has 2 aliphatic heterocycles. The average molecular weight is 599 g/mol. The van der Waals surface area contributed by atoms with Crippen molar-refractivity contribution in [3.05, 3.63) is 100.0 Å². The van der Waals surface area contributed by atoms with Crippen molar-refractivity contribution in [2.75, 3.05) is 39.6 Å². The standard InChI is InChI=1S/C33H32ClFN6O2/c1-40(2)24-12-14-41(15-13-24)32(42)20-6-4-7-23(16-20)38-33-37-19-21-18-36-31(29-27(35)8-5-9-28(29)43-3)26-17-22(34)10-11-25(26)30(21)39-33/h4-11,16-17,19,24H,12-15,18H2,1-3H3,(H,37,38,39). The highest BCUT2D eigenvalue weighted by Gasteiger charge is 2.27. The number of amides is 1. The van der Waals surface area contributed by atoms with E-state index in [-0.39, 0.29) is 18.0 Å². The van der Waals surface area contributed by atoms with Gasteiger partial charge in [-0.25, -0.2) is 14.4 Å². The normalized spacial score (nSPS) is 14.9. The summed E-state index contributed by atoms with van der Waals surface area (Å²) in [6, 6.07) is 18.0. The van der Waals surface area contributed by atoms with Crippen molar-refractivity contribution in [3.63, 3.8) is 0 Å². The fourth-order valence-electron chi connectivity index (χ4n) is 5.73. The Morgan fingerprint density at radius 3 is 2.63 bits per heavy atom. The van der Waals surface area contributed by atoms with Gasteiger partial charge >= 0.3 is 0 Å². The molecule has 6 rings (SSSR count). The maximum Gasteiger partial charge on any atom is 0.253 e. The minimum absolute atomic E-state index is 0.0164. The average Bonchev–Trinajstić information content (AvgIpc) is 3.17. The lowest BCUT2D eigenvalue weighted by Gasteiger charge is -2.35. The van der Waals surface area contributed by atoms with Gasteiger partial charge in [-0.3, -0.25) is 9.79 Å². The van der Waals surface area contributed by atoms with Crippen LogP contribution in [0.1, 0.15) is 39.9 Å². The molecule has 0 bridgehead atoms. The second-order valence-electron chi connectivity index (χ2n) is 10.9. The molecule has 0 atom stereocenters. The van der Waals surface area contributed by atoms with Crippen LogP contribution in [0.4, 0.5) is 16.0 Å². The molecule has 10 heteroatoms. The molecule has 3 heterocycles. The Morgan fingerprint density at radius 1 is 1.07 bits per heavy atom. The summed E-state index contributed by atoms with van der Waals surface area (Å²) >= 11 is 6.42. The lowest BCUT2D eigenvalue weighted by Crippen LogP contribution is -2.44. The first-order valence-electron chi connectivity index (χ1n) is 14.2. The van der Waals surface area contributed by atoms with Crippen LogP contribution < -0.4 is 10.1 Å². The number of benzene rings is 3. The largest absolute Gasteiger partial charge is 0.496 e. The molecule has 0 saturated carbocycles. The Morgan fingerprint density at radius 2 is 1.86 bits per heavy atom. The summed E-state index contributed by atoms with van der Waals surface area (Å²) in [7, 11) is 5.67. The minimum atomic E-state index is -0.445. The molecule has 1 fully saturated rings. The number of fused-ring (bicyclic) bond motifs is 3. The first kappa shape index (κ1) is 28.8. The SMILES string of the molecule is COc1cccc(F)c1C1=NCc2cnc(Nc3cccc(C(=O)N4CCC(N(C)C)CC4)c3)nc2-c2ccc(Cl)cc21. The van der Waals surface area contributed by atoms with Crippen molar-refractivity contribution in [1.29, 1.82) is 0 Å². The van der Waals surface area contributed by atoms with Gasteiger partial charge in [-0.15, -0.1) is 0 Å². The molecular formula is C33H32ClFN6O2. The van der Waals surface area contributed by atoms with E-state index < -0.39 is 5.82 Å². The Kier molecular flexibility index (Phi) is 8.10. The lowest BCUT2D eigenvalue weighted by atomic mass is 9.94. The van der Waals surface area contributed by atoms with Crippen molar-refractivity contribution in [2.45, 2.75) is 25.4 Å². The number of carbonyl (C=O) groups excluding carboxylic acids is 1. The van der Waals surface area contributed by atoms with Crippen LogP contribution in [0, 0.1) is 5.82 Å². The fourth-order valence-corrected chi connectivity index (χ4v) is 5.90. The van der Waals surface area contributed by atoms with E-state index in [9.17, 15) is 4.79 Å². The van der Waals surface area contributed by atoms with Crippen LogP contribution >= 0.6 is 11.6 Å². The molecule has 220 valence electrons. The van der Waals surface area contributed by atoms with Gasteiger partial charge in [0.05, 0.1) is 30.6 Å². The van der Waals surface area contributed by atoms with Gasteiger partial charge in [0.2, 0.25) is 5.95 Å². The van der Waals surface area contributed by atoms with E-state index >= 15 is 4.39 Å². The predicted molar refractivity (Wildman–Crippen MR) is 167 cm³/mol. The maximum atomic E-state index is 15.2. The zero-order valence-electron chi connectivity index (χ0n) is 24.3. The molecule has 4 aromatic rings. The van der Waals surface area contributed by atoms with Gasteiger partial charge in [-0.1, -0.05) is 29.8 Å². The van der Waals surface area contributed by atoms with E-state index in [1.165, 1.54) is 13.2 Å². The summed E-state index contributed by atoms with van der Waals surface area (Å²) in [5.74, 6) is 0.311. The second kappa shape index (κ2) is 12.1. The summed E-state index contributed by atoms with van der Waals surface area (Å²) in [6.45, 7) is 1.71. The Bertz CT molecular complexity index is 1720. The third-order valence-corrected chi connectivity index (χ3v) is 8.28. The molecule has 0 unspecified atom stereocenters. The Labute approximate surface area is 255 Å². The molecule has 8 nitrogen and oxygen atoms in total. The quantitative estimate of drug-likeness (QED) is 0.284. The van der Waals surface area contributed by atoms with Crippen LogP contribution in [0.3, 0.4) is 0 Å². The van der Waals surface area contributed by atoms with E-state index in [4.69, 9.17) is 26.3 Å². The van der Waals surface area contributed by atoms with Gasteiger partial charge in [0.1, 0.15) is 11.6 Å². The monoisotopic (exact) mass is 598 g/mol. The van der Waals surface area contributed by atoms with Crippen molar-refractivity contribution < 1.29 is 13.9 Å². The zero-order chi connectivity index (χ0) is 30.1. The number of anilines is 2. The summed E-state index contributed by atoms with van der Waals surface area (Å²) in [4.78, 5) is 31.6. The highest BCUT2D eigenvalue weighted by Crippen LogP contribution is 2.36. The molecule has 1 saturated heterocycles. The molecule has 0 spiro atoms. The topological polar surface area (TPSA) is 83.0 Å². The van der Waals surface area contributed by atoms with E-state index in [1.807, 2.05) is 35.2 Å². The van der Waals surface area contributed by atoms with Crippen LogP contribution in [0.5, 0.6) is 5.75 Å². The number of nitrogens with one attached hydrogen (secondary N) is 1. The number of nitrogens with zero attached hydrogens (tertiary/aromatic N) is 5. The second-order valence-corrected chi connectivity index (χ2v) is 11.4. The number of piperidine rings is 1. The number of methoxy groups -OCH3 is 1. The van der Waals surface area contributed by atoms with Crippen molar-refractivity contribution in [3.8, 4) is 17.0 Å². The number of halogens is 2. The van der Waals surface area contributed by atoms with E-state index in [1.54, 1.807) is 30.5 Å². The lowest BCUT2D eigenvalue weighted by molar-refractivity contribution is 0.0663. The van der Waals surface area contributed by atoms with Crippen LogP contribution in [0.15, 0.2) is 71.9 Å². The molecule has 0 radical (unpaired) electrons. The number of aromatic nitrogens is 2. The number of likely N-dealkylation sites (tertiary alicyclic amines) is 1.